The SMILES string of the molecule is CC(C)N.CCNC(C)Cc1ccccc1. The van der Waals surface area contributed by atoms with Gasteiger partial charge in [-0.05, 0) is 31.5 Å². The van der Waals surface area contributed by atoms with Gasteiger partial charge in [0.25, 0.3) is 0 Å². The van der Waals surface area contributed by atoms with E-state index in [0.717, 1.165) is 13.0 Å². The topological polar surface area (TPSA) is 38.0 Å². The molecule has 0 aliphatic heterocycles. The summed E-state index contributed by atoms with van der Waals surface area (Å²) in [6.45, 7) is 9.30. The zero-order valence-electron chi connectivity index (χ0n) is 11.0. The van der Waals surface area contributed by atoms with Gasteiger partial charge in [-0.3, -0.25) is 0 Å². The third-order valence-electron chi connectivity index (χ3n) is 1.94. The molecule has 92 valence electrons. The van der Waals surface area contributed by atoms with Gasteiger partial charge in [0.05, 0.1) is 0 Å². The molecule has 0 amide bonds. The molecule has 2 heteroatoms. The molecule has 0 aliphatic rings. The molecule has 1 aromatic carbocycles. The summed E-state index contributed by atoms with van der Waals surface area (Å²) in [5.41, 5.74) is 6.52. The minimum atomic E-state index is 0.333. The molecular formula is C14H26N2. The summed E-state index contributed by atoms with van der Waals surface area (Å²) < 4.78 is 0. The van der Waals surface area contributed by atoms with Gasteiger partial charge < -0.3 is 11.1 Å². The van der Waals surface area contributed by atoms with Crippen molar-refractivity contribution in [3.8, 4) is 0 Å². The Labute approximate surface area is 100 Å². The molecular weight excluding hydrogens is 196 g/mol. The van der Waals surface area contributed by atoms with Crippen LogP contribution in [0.25, 0.3) is 0 Å². The summed E-state index contributed by atoms with van der Waals surface area (Å²) in [6.07, 6.45) is 1.12. The van der Waals surface area contributed by atoms with Gasteiger partial charge in [-0.15, -0.1) is 0 Å². The van der Waals surface area contributed by atoms with Crippen molar-refractivity contribution in [2.45, 2.75) is 46.2 Å². The third kappa shape index (κ3) is 9.69. The van der Waals surface area contributed by atoms with Crippen LogP contribution in [0.5, 0.6) is 0 Å². The van der Waals surface area contributed by atoms with Gasteiger partial charge in [-0.2, -0.15) is 0 Å². The van der Waals surface area contributed by atoms with Crippen LogP contribution in [-0.4, -0.2) is 18.6 Å². The first kappa shape index (κ1) is 15.1. The number of rotatable bonds is 4. The molecule has 1 atom stereocenters. The van der Waals surface area contributed by atoms with Crippen LogP contribution in [0, 0.1) is 0 Å². The molecule has 16 heavy (non-hydrogen) atoms. The second-order valence-corrected chi connectivity index (χ2v) is 4.39. The molecule has 0 fully saturated rings. The van der Waals surface area contributed by atoms with Crippen LogP contribution in [0.3, 0.4) is 0 Å². The van der Waals surface area contributed by atoms with E-state index < -0.39 is 0 Å². The lowest BCUT2D eigenvalue weighted by atomic mass is 10.1. The van der Waals surface area contributed by atoms with Crippen molar-refractivity contribution in [1.29, 1.82) is 0 Å². The lowest BCUT2D eigenvalue weighted by Gasteiger charge is -2.11. The van der Waals surface area contributed by atoms with Crippen molar-refractivity contribution >= 4 is 0 Å². The smallest absolute Gasteiger partial charge is 0.00790 e. The van der Waals surface area contributed by atoms with E-state index in [2.05, 4.69) is 49.5 Å². The predicted octanol–water partition coefficient (Wildman–Crippen LogP) is 2.58. The van der Waals surface area contributed by atoms with E-state index in [-0.39, 0.29) is 0 Å². The summed E-state index contributed by atoms with van der Waals surface area (Å²) in [5, 5.41) is 3.39. The van der Waals surface area contributed by atoms with Crippen LogP contribution in [0.15, 0.2) is 30.3 Å². The summed E-state index contributed by atoms with van der Waals surface area (Å²) >= 11 is 0. The van der Waals surface area contributed by atoms with Crippen LogP contribution in [0.2, 0.25) is 0 Å². The van der Waals surface area contributed by atoms with Gasteiger partial charge in [0.2, 0.25) is 0 Å². The zero-order valence-corrected chi connectivity index (χ0v) is 11.0. The molecule has 0 aromatic heterocycles. The zero-order chi connectivity index (χ0) is 12.4. The number of nitrogens with two attached hydrogens (primary N) is 1. The maximum absolute atomic E-state index is 5.11. The van der Waals surface area contributed by atoms with Crippen LogP contribution in [0.4, 0.5) is 0 Å². The Hall–Kier alpha value is -0.860. The van der Waals surface area contributed by atoms with E-state index in [0.29, 0.717) is 12.1 Å². The molecule has 0 saturated carbocycles. The third-order valence-corrected chi connectivity index (χ3v) is 1.94. The Bertz CT molecular complexity index is 241. The molecule has 2 nitrogen and oxygen atoms in total. The van der Waals surface area contributed by atoms with Gasteiger partial charge >= 0.3 is 0 Å². The average Bonchev–Trinajstić information content (AvgIpc) is 2.18. The standard InChI is InChI=1S/C11H17N.C3H9N/c1-3-12-10(2)9-11-7-5-4-6-8-11;1-3(2)4/h4-8,10,12H,3,9H2,1-2H3;3H,4H2,1-2H3. The van der Waals surface area contributed by atoms with Gasteiger partial charge in [-0.25, -0.2) is 0 Å². The molecule has 3 N–H and O–H groups in total. The molecule has 0 spiro atoms. The number of hydrogen-bond donors (Lipinski definition) is 2. The van der Waals surface area contributed by atoms with E-state index >= 15 is 0 Å². The molecule has 0 heterocycles. The maximum atomic E-state index is 5.11. The quantitative estimate of drug-likeness (QED) is 0.821. The molecule has 0 radical (unpaired) electrons. The number of hydrogen-bond acceptors (Lipinski definition) is 2. The first-order chi connectivity index (χ1) is 7.56. The van der Waals surface area contributed by atoms with E-state index in [1.807, 2.05) is 13.8 Å². The lowest BCUT2D eigenvalue weighted by molar-refractivity contribution is 0.565. The van der Waals surface area contributed by atoms with E-state index in [4.69, 9.17) is 5.73 Å². The van der Waals surface area contributed by atoms with E-state index in [1.54, 1.807) is 0 Å². The minimum absolute atomic E-state index is 0.333. The summed E-state index contributed by atoms with van der Waals surface area (Å²) in [6, 6.07) is 11.5. The van der Waals surface area contributed by atoms with Crippen molar-refractivity contribution in [2.24, 2.45) is 5.73 Å². The van der Waals surface area contributed by atoms with Crippen LogP contribution in [-0.2, 0) is 6.42 Å². The second-order valence-electron chi connectivity index (χ2n) is 4.39. The first-order valence-electron chi connectivity index (χ1n) is 6.09. The minimum Gasteiger partial charge on any atom is -0.328 e. The highest BCUT2D eigenvalue weighted by atomic mass is 14.9. The molecule has 1 unspecified atom stereocenters. The molecule has 0 bridgehead atoms. The largest absolute Gasteiger partial charge is 0.328 e. The number of benzene rings is 1. The highest BCUT2D eigenvalue weighted by Crippen LogP contribution is 2.01. The monoisotopic (exact) mass is 222 g/mol. The van der Waals surface area contributed by atoms with Crippen molar-refractivity contribution < 1.29 is 0 Å². The highest BCUT2D eigenvalue weighted by Gasteiger charge is 1.99. The summed E-state index contributed by atoms with van der Waals surface area (Å²) in [4.78, 5) is 0. The van der Waals surface area contributed by atoms with Crippen LogP contribution in [0.1, 0.15) is 33.3 Å². The van der Waals surface area contributed by atoms with Crippen LogP contribution >= 0.6 is 0 Å². The summed E-state index contributed by atoms with van der Waals surface area (Å²) in [5.74, 6) is 0. The van der Waals surface area contributed by atoms with Gasteiger partial charge in [0, 0.05) is 6.04 Å². The van der Waals surface area contributed by atoms with E-state index in [1.165, 1.54) is 5.56 Å². The maximum Gasteiger partial charge on any atom is 0.00790 e. The molecule has 0 saturated heterocycles. The normalized spacial score (nSPS) is 11.9. The molecule has 0 aliphatic carbocycles. The Morgan fingerprint density at radius 2 is 1.62 bits per heavy atom. The van der Waals surface area contributed by atoms with Gasteiger partial charge in [0.1, 0.15) is 0 Å². The van der Waals surface area contributed by atoms with Crippen molar-refractivity contribution in [2.75, 3.05) is 6.54 Å². The van der Waals surface area contributed by atoms with Crippen molar-refractivity contribution in [3.05, 3.63) is 35.9 Å². The number of nitrogens with one attached hydrogen (secondary N) is 1. The lowest BCUT2D eigenvalue weighted by Crippen LogP contribution is -2.27. The first-order valence-corrected chi connectivity index (χ1v) is 6.09. The molecule has 1 aromatic rings. The second kappa shape index (κ2) is 9.37. The Morgan fingerprint density at radius 3 is 2.06 bits per heavy atom. The highest BCUT2D eigenvalue weighted by molar-refractivity contribution is 5.15. The van der Waals surface area contributed by atoms with Crippen molar-refractivity contribution in [1.82, 2.24) is 5.32 Å². The van der Waals surface area contributed by atoms with Crippen LogP contribution < -0.4 is 11.1 Å². The Balaban J connectivity index is 0.000000487. The fourth-order valence-corrected chi connectivity index (χ4v) is 1.39. The van der Waals surface area contributed by atoms with Gasteiger partial charge in [0.15, 0.2) is 0 Å². The Morgan fingerprint density at radius 1 is 1.12 bits per heavy atom. The van der Waals surface area contributed by atoms with Gasteiger partial charge in [-0.1, -0.05) is 51.1 Å². The van der Waals surface area contributed by atoms with Crippen molar-refractivity contribution in [3.63, 3.8) is 0 Å². The average molecular weight is 222 g/mol. The fourth-order valence-electron chi connectivity index (χ4n) is 1.39. The molecule has 1 rings (SSSR count). The van der Waals surface area contributed by atoms with E-state index in [9.17, 15) is 0 Å². The number of likely N-dealkylation sites (N-methyl/N-ethyl adjacent to an activating group) is 1. The predicted molar refractivity (Wildman–Crippen MR) is 72.6 cm³/mol. The Kier molecular flexibility index (Phi) is 8.87. The summed E-state index contributed by atoms with van der Waals surface area (Å²) in [7, 11) is 0. The fraction of sp³-hybridized carbons (Fsp3) is 0.571.